The van der Waals surface area contributed by atoms with Crippen LogP contribution in [0.15, 0.2) is 42.7 Å². The zero-order valence-electron chi connectivity index (χ0n) is 19.6. The minimum Gasteiger partial charge on any atom is -0.351 e. The fourth-order valence-corrected chi connectivity index (χ4v) is 5.45. The summed E-state index contributed by atoms with van der Waals surface area (Å²) in [6, 6.07) is 7.11. The highest BCUT2D eigenvalue weighted by Gasteiger charge is 2.37. The lowest BCUT2D eigenvalue weighted by Gasteiger charge is -2.34. The van der Waals surface area contributed by atoms with Crippen LogP contribution in [-0.4, -0.2) is 55.2 Å². The lowest BCUT2D eigenvalue weighted by atomic mass is 9.94. The van der Waals surface area contributed by atoms with Crippen LogP contribution in [0.2, 0.25) is 0 Å². The second-order valence-electron chi connectivity index (χ2n) is 8.95. The molecule has 0 spiro atoms. The highest BCUT2D eigenvalue weighted by Crippen LogP contribution is 2.31. The number of carbonyl (C=O) groups excluding carboxylic acids is 2. The SMILES string of the molecule is Cc1ccccc1[C@@H](C(=O)NC1CCCCC1)N(C(=O)CNS(=O)(=O)N1CC1)c1cncc(F)c1. The maximum absolute atomic E-state index is 14.2. The summed E-state index contributed by atoms with van der Waals surface area (Å²) in [5, 5.41) is 3.07. The summed E-state index contributed by atoms with van der Waals surface area (Å²) < 4.78 is 42.2. The molecule has 2 aromatic rings. The van der Waals surface area contributed by atoms with Crippen LogP contribution in [0.5, 0.6) is 0 Å². The zero-order chi connectivity index (χ0) is 25.0. The second kappa shape index (κ2) is 10.8. The van der Waals surface area contributed by atoms with Gasteiger partial charge in [0.25, 0.3) is 10.2 Å². The third-order valence-electron chi connectivity index (χ3n) is 6.33. The van der Waals surface area contributed by atoms with E-state index < -0.39 is 40.4 Å². The first-order valence-electron chi connectivity index (χ1n) is 11.8. The molecule has 11 heteroatoms. The fraction of sp³-hybridized carbons (Fsp3) is 0.458. The molecule has 2 amide bonds. The van der Waals surface area contributed by atoms with E-state index in [0.29, 0.717) is 18.7 Å². The number of amides is 2. The molecule has 2 heterocycles. The number of pyridine rings is 1. The Morgan fingerprint density at radius 1 is 1.17 bits per heavy atom. The monoisotopic (exact) mass is 503 g/mol. The molecule has 0 radical (unpaired) electrons. The van der Waals surface area contributed by atoms with E-state index in [0.717, 1.165) is 54.8 Å². The molecule has 35 heavy (non-hydrogen) atoms. The van der Waals surface area contributed by atoms with E-state index in [1.807, 2.05) is 19.1 Å². The van der Waals surface area contributed by atoms with Gasteiger partial charge in [-0.1, -0.05) is 43.5 Å². The van der Waals surface area contributed by atoms with Crippen LogP contribution in [0.1, 0.15) is 49.3 Å². The van der Waals surface area contributed by atoms with Crippen LogP contribution >= 0.6 is 0 Å². The number of carbonyl (C=O) groups is 2. The Hall–Kier alpha value is -2.89. The normalized spacial score (nSPS) is 17.5. The lowest BCUT2D eigenvalue weighted by molar-refractivity contribution is -0.127. The van der Waals surface area contributed by atoms with Gasteiger partial charge in [0.05, 0.1) is 24.6 Å². The van der Waals surface area contributed by atoms with Crippen LogP contribution in [0.3, 0.4) is 0 Å². The first kappa shape index (κ1) is 25.2. The summed E-state index contributed by atoms with van der Waals surface area (Å²) >= 11 is 0. The van der Waals surface area contributed by atoms with Gasteiger partial charge in [-0.05, 0) is 30.9 Å². The van der Waals surface area contributed by atoms with Crippen molar-refractivity contribution >= 4 is 27.7 Å². The van der Waals surface area contributed by atoms with E-state index in [4.69, 9.17) is 0 Å². The Labute approximate surface area is 204 Å². The van der Waals surface area contributed by atoms with Crippen molar-refractivity contribution < 1.29 is 22.4 Å². The maximum atomic E-state index is 14.2. The van der Waals surface area contributed by atoms with Crippen molar-refractivity contribution in [2.24, 2.45) is 0 Å². The summed E-state index contributed by atoms with van der Waals surface area (Å²) in [5.41, 5.74) is 1.39. The number of hydrogen-bond donors (Lipinski definition) is 2. The van der Waals surface area contributed by atoms with Gasteiger partial charge in [0.1, 0.15) is 11.9 Å². The van der Waals surface area contributed by atoms with E-state index in [9.17, 15) is 22.4 Å². The minimum absolute atomic E-state index is 0.0217. The molecule has 1 aromatic carbocycles. The summed E-state index contributed by atoms with van der Waals surface area (Å²) in [6.45, 7) is 2.01. The molecule has 0 unspecified atom stereocenters. The zero-order valence-corrected chi connectivity index (χ0v) is 20.4. The number of rotatable bonds is 9. The number of halogens is 1. The largest absolute Gasteiger partial charge is 0.351 e. The van der Waals surface area contributed by atoms with E-state index in [2.05, 4.69) is 15.0 Å². The Morgan fingerprint density at radius 3 is 2.54 bits per heavy atom. The van der Waals surface area contributed by atoms with E-state index in [1.54, 1.807) is 12.1 Å². The number of anilines is 1. The number of aryl methyl sites for hydroxylation is 1. The maximum Gasteiger partial charge on any atom is 0.280 e. The van der Waals surface area contributed by atoms with Gasteiger partial charge in [-0.3, -0.25) is 19.5 Å². The molecule has 1 aromatic heterocycles. The van der Waals surface area contributed by atoms with Gasteiger partial charge in [0.15, 0.2) is 0 Å². The highest BCUT2D eigenvalue weighted by atomic mass is 32.2. The summed E-state index contributed by atoms with van der Waals surface area (Å²) in [4.78, 5) is 32.2. The Morgan fingerprint density at radius 2 is 1.89 bits per heavy atom. The van der Waals surface area contributed by atoms with Crippen molar-refractivity contribution in [1.29, 1.82) is 0 Å². The molecule has 0 bridgehead atoms. The lowest BCUT2D eigenvalue weighted by Crippen LogP contribution is -2.50. The van der Waals surface area contributed by atoms with Crippen LogP contribution in [0.25, 0.3) is 0 Å². The van der Waals surface area contributed by atoms with Gasteiger partial charge < -0.3 is 5.32 Å². The topological polar surface area (TPSA) is 111 Å². The molecule has 1 atom stereocenters. The second-order valence-corrected chi connectivity index (χ2v) is 10.7. The van der Waals surface area contributed by atoms with Gasteiger partial charge in [0.2, 0.25) is 11.8 Å². The van der Waals surface area contributed by atoms with Gasteiger partial charge in [-0.15, -0.1) is 0 Å². The third kappa shape index (κ3) is 6.22. The molecule has 1 saturated heterocycles. The van der Waals surface area contributed by atoms with Gasteiger partial charge in [0, 0.05) is 25.2 Å². The summed E-state index contributed by atoms with van der Waals surface area (Å²) in [7, 11) is -3.80. The molecular formula is C24H30FN5O4S. The van der Waals surface area contributed by atoms with E-state index in [-0.39, 0.29) is 11.7 Å². The Balaban J connectivity index is 1.71. The predicted molar refractivity (Wildman–Crippen MR) is 129 cm³/mol. The average molecular weight is 504 g/mol. The summed E-state index contributed by atoms with van der Waals surface area (Å²) in [6.07, 6.45) is 7.11. The molecule has 4 rings (SSSR count). The van der Waals surface area contributed by atoms with Crippen molar-refractivity contribution in [3.05, 3.63) is 59.7 Å². The first-order chi connectivity index (χ1) is 16.8. The predicted octanol–water partition coefficient (Wildman–Crippen LogP) is 2.20. The van der Waals surface area contributed by atoms with Crippen molar-refractivity contribution in [2.45, 2.75) is 51.1 Å². The molecule has 1 saturated carbocycles. The van der Waals surface area contributed by atoms with Crippen molar-refractivity contribution in [3.63, 3.8) is 0 Å². The Kier molecular flexibility index (Phi) is 7.78. The van der Waals surface area contributed by atoms with Crippen LogP contribution in [-0.2, 0) is 19.8 Å². The van der Waals surface area contributed by atoms with Crippen LogP contribution < -0.4 is 14.9 Å². The van der Waals surface area contributed by atoms with Gasteiger partial charge in [-0.2, -0.15) is 17.4 Å². The van der Waals surface area contributed by atoms with Crippen LogP contribution in [0, 0.1) is 12.7 Å². The number of nitrogens with zero attached hydrogens (tertiary/aromatic N) is 3. The first-order valence-corrected chi connectivity index (χ1v) is 13.2. The quantitative estimate of drug-likeness (QED) is 0.510. The third-order valence-corrected chi connectivity index (χ3v) is 7.88. The van der Waals surface area contributed by atoms with Crippen LogP contribution in [0.4, 0.5) is 10.1 Å². The number of hydrogen-bond acceptors (Lipinski definition) is 5. The average Bonchev–Trinajstić information content (AvgIpc) is 3.69. The molecule has 2 aliphatic rings. The van der Waals surface area contributed by atoms with Crippen molar-refractivity contribution in [3.8, 4) is 0 Å². The number of nitrogens with one attached hydrogen (secondary N) is 2. The van der Waals surface area contributed by atoms with Gasteiger partial charge in [-0.25, -0.2) is 4.39 Å². The standard InChI is InChI=1S/C24H30FN5O4S/c1-17-7-5-6-10-21(17)23(24(32)28-19-8-3-2-4-9-19)30(20-13-18(25)14-26-15-20)22(31)16-27-35(33,34)29-11-12-29/h5-7,10,13-15,19,23,27H,2-4,8-9,11-12,16H2,1H3,(H,28,32)/t23-/m0/s1. The highest BCUT2D eigenvalue weighted by molar-refractivity contribution is 7.87. The smallest absolute Gasteiger partial charge is 0.280 e. The van der Waals surface area contributed by atoms with Crippen molar-refractivity contribution in [2.75, 3.05) is 24.5 Å². The molecular weight excluding hydrogens is 473 g/mol. The molecule has 2 fully saturated rings. The minimum atomic E-state index is -3.80. The fourth-order valence-electron chi connectivity index (χ4n) is 4.40. The molecule has 9 nitrogen and oxygen atoms in total. The number of aromatic nitrogens is 1. The van der Waals surface area contributed by atoms with Crippen molar-refractivity contribution in [1.82, 2.24) is 19.3 Å². The number of benzene rings is 1. The van der Waals surface area contributed by atoms with E-state index >= 15 is 0 Å². The van der Waals surface area contributed by atoms with E-state index in [1.165, 1.54) is 10.5 Å². The van der Waals surface area contributed by atoms with Gasteiger partial charge >= 0.3 is 0 Å². The molecule has 1 aliphatic carbocycles. The molecule has 1 aliphatic heterocycles. The summed E-state index contributed by atoms with van der Waals surface area (Å²) in [5.74, 6) is -1.78. The molecule has 2 N–H and O–H groups in total. The molecule has 188 valence electrons. The Bertz CT molecular complexity index is 1180.